The molecule has 0 unspecified atom stereocenters. The molecule has 36 heavy (non-hydrogen) atoms. The molecule has 10 heteroatoms. The summed E-state index contributed by atoms with van der Waals surface area (Å²) in [5.74, 6) is -0.487. The number of methoxy groups -OCH3 is 1. The zero-order valence-electron chi connectivity index (χ0n) is 20.9. The Morgan fingerprint density at radius 1 is 1.08 bits per heavy atom. The van der Waals surface area contributed by atoms with E-state index in [1.807, 2.05) is 0 Å². The third-order valence-corrected chi connectivity index (χ3v) is 7.95. The molecule has 1 atom stereocenters. The minimum atomic E-state index is -3.85. The van der Waals surface area contributed by atoms with Crippen molar-refractivity contribution in [2.45, 2.75) is 57.7 Å². The Kier molecular flexibility index (Phi) is 9.62. The van der Waals surface area contributed by atoms with Crippen molar-refractivity contribution in [3.05, 3.63) is 59.1 Å². The second kappa shape index (κ2) is 12.5. The van der Waals surface area contributed by atoms with Crippen molar-refractivity contribution in [3.8, 4) is 5.75 Å². The quantitative estimate of drug-likeness (QED) is 0.496. The van der Waals surface area contributed by atoms with Crippen LogP contribution in [0.3, 0.4) is 0 Å². The number of carbonyl (C=O) groups is 2. The molecule has 0 aromatic heterocycles. The predicted octanol–water partition coefficient (Wildman–Crippen LogP) is 3.98. The maximum Gasteiger partial charge on any atom is 0.244 e. The van der Waals surface area contributed by atoms with Gasteiger partial charge in [-0.25, -0.2) is 8.42 Å². The molecule has 1 aliphatic carbocycles. The van der Waals surface area contributed by atoms with Crippen LogP contribution in [0.5, 0.6) is 5.75 Å². The molecule has 2 amide bonds. The standard InChI is InChI=1S/C26H34ClN3O5S/c1-19(26(32)28-21-12-5-4-6-13-21)29(17-20-11-7-8-14-22(20)27)25(31)18-30(36(3,33)34)23-15-9-10-16-24(23)35-2/h7-11,14-16,19,21H,4-6,12-13,17-18H2,1-3H3,(H,28,32)/t19-/m1/s1. The van der Waals surface area contributed by atoms with Crippen molar-refractivity contribution in [3.63, 3.8) is 0 Å². The summed E-state index contributed by atoms with van der Waals surface area (Å²) in [5, 5.41) is 3.53. The number of rotatable bonds is 10. The Balaban J connectivity index is 1.90. The van der Waals surface area contributed by atoms with Gasteiger partial charge in [-0.2, -0.15) is 0 Å². The van der Waals surface area contributed by atoms with Gasteiger partial charge < -0.3 is 15.0 Å². The average Bonchev–Trinajstić information content (AvgIpc) is 2.86. The van der Waals surface area contributed by atoms with Crippen LogP contribution in [0.2, 0.25) is 5.02 Å². The summed E-state index contributed by atoms with van der Waals surface area (Å²) in [5.41, 5.74) is 0.904. The van der Waals surface area contributed by atoms with E-state index in [1.165, 1.54) is 12.0 Å². The number of ether oxygens (including phenoxy) is 1. The van der Waals surface area contributed by atoms with Gasteiger partial charge in [0.15, 0.2) is 0 Å². The smallest absolute Gasteiger partial charge is 0.244 e. The summed E-state index contributed by atoms with van der Waals surface area (Å²) < 4.78 is 31.8. The number of nitrogens with zero attached hydrogens (tertiary/aromatic N) is 2. The van der Waals surface area contributed by atoms with Gasteiger partial charge in [0.25, 0.3) is 0 Å². The van der Waals surface area contributed by atoms with Gasteiger partial charge in [-0.15, -0.1) is 0 Å². The number of sulfonamides is 1. The van der Waals surface area contributed by atoms with Gasteiger partial charge in [-0.1, -0.05) is 61.2 Å². The Hall–Kier alpha value is -2.78. The second-order valence-corrected chi connectivity index (χ2v) is 11.4. The zero-order chi connectivity index (χ0) is 26.3. The highest BCUT2D eigenvalue weighted by atomic mass is 35.5. The minimum absolute atomic E-state index is 0.0568. The van der Waals surface area contributed by atoms with E-state index in [4.69, 9.17) is 16.3 Å². The van der Waals surface area contributed by atoms with Crippen LogP contribution in [-0.2, 0) is 26.2 Å². The molecular weight excluding hydrogens is 502 g/mol. The molecule has 1 fully saturated rings. The molecule has 2 aromatic carbocycles. The predicted molar refractivity (Wildman–Crippen MR) is 142 cm³/mol. The molecule has 0 bridgehead atoms. The van der Waals surface area contributed by atoms with Gasteiger partial charge in [-0.05, 0) is 43.5 Å². The van der Waals surface area contributed by atoms with Crippen LogP contribution in [0.25, 0.3) is 0 Å². The lowest BCUT2D eigenvalue weighted by Crippen LogP contribution is -2.53. The first-order valence-electron chi connectivity index (χ1n) is 12.1. The first-order valence-corrected chi connectivity index (χ1v) is 14.3. The lowest BCUT2D eigenvalue weighted by molar-refractivity contribution is -0.139. The number of amides is 2. The fourth-order valence-corrected chi connectivity index (χ4v) is 5.44. The molecule has 0 saturated heterocycles. The highest BCUT2D eigenvalue weighted by Crippen LogP contribution is 2.30. The topological polar surface area (TPSA) is 96.0 Å². The van der Waals surface area contributed by atoms with Crippen LogP contribution in [0.4, 0.5) is 5.69 Å². The number of carbonyl (C=O) groups excluding carboxylic acids is 2. The molecule has 196 valence electrons. The van der Waals surface area contributed by atoms with Crippen LogP contribution >= 0.6 is 11.6 Å². The van der Waals surface area contributed by atoms with E-state index in [1.54, 1.807) is 55.5 Å². The molecule has 0 aliphatic heterocycles. The maximum absolute atomic E-state index is 13.7. The van der Waals surface area contributed by atoms with E-state index in [-0.39, 0.29) is 24.2 Å². The molecule has 3 rings (SSSR count). The van der Waals surface area contributed by atoms with Gasteiger partial charge in [0, 0.05) is 17.6 Å². The SMILES string of the molecule is COc1ccccc1N(CC(=O)N(Cc1ccccc1Cl)[C@H](C)C(=O)NC1CCCCC1)S(C)(=O)=O. The van der Waals surface area contributed by atoms with Gasteiger partial charge in [0.2, 0.25) is 21.8 Å². The molecule has 1 saturated carbocycles. The van der Waals surface area contributed by atoms with Crippen molar-refractivity contribution < 1.29 is 22.7 Å². The summed E-state index contributed by atoms with van der Waals surface area (Å²) in [4.78, 5) is 28.3. The molecule has 0 radical (unpaired) electrons. The Labute approximate surface area is 218 Å². The fourth-order valence-electron chi connectivity index (χ4n) is 4.39. The van der Waals surface area contributed by atoms with E-state index in [2.05, 4.69) is 5.32 Å². The summed E-state index contributed by atoms with van der Waals surface area (Å²) in [6.45, 7) is 1.22. The second-order valence-electron chi connectivity index (χ2n) is 9.07. The molecule has 0 heterocycles. The van der Waals surface area contributed by atoms with Crippen LogP contribution in [-0.4, -0.2) is 57.1 Å². The monoisotopic (exact) mass is 535 g/mol. The highest BCUT2D eigenvalue weighted by molar-refractivity contribution is 7.92. The average molecular weight is 536 g/mol. The molecule has 1 aliphatic rings. The number of hydrogen-bond donors (Lipinski definition) is 1. The highest BCUT2D eigenvalue weighted by Gasteiger charge is 2.32. The first-order chi connectivity index (χ1) is 17.1. The fraction of sp³-hybridized carbons (Fsp3) is 0.462. The summed E-state index contributed by atoms with van der Waals surface area (Å²) in [6, 6.07) is 12.9. The number of nitrogens with one attached hydrogen (secondary N) is 1. The van der Waals surface area contributed by atoms with Crippen LogP contribution < -0.4 is 14.4 Å². The number of halogens is 1. The van der Waals surface area contributed by atoms with Gasteiger partial charge >= 0.3 is 0 Å². The molecule has 8 nitrogen and oxygen atoms in total. The van der Waals surface area contributed by atoms with Crippen molar-refractivity contribution >= 4 is 39.1 Å². The van der Waals surface area contributed by atoms with Gasteiger partial charge in [0.05, 0.1) is 19.1 Å². The first kappa shape index (κ1) is 27.8. The lowest BCUT2D eigenvalue weighted by Gasteiger charge is -2.33. The van der Waals surface area contributed by atoms with E-state index >= 15 is 0 Å². The molecular formula is C26H34ClN3O5S. The van der Waals surface area contributed by atoms with Crippen molar-refractivity contribution in [1.29, 1.82) is 0 Å². The minimum Gasteiger partial charge on any atom is -0.495 e. The zero-order valence-corrected chi connectivity index (χ0v) is 22.5. The van der Waals surface area contributed by atoms with E-state index in [0.29, 0.717) is 16.3 Å². The van der Waals surface area contributed by atoms with E-state index in [9.17, 15) is 18.0 Å². The number of benzene rings is 2. The van der Waals surface area contributed by atoms with Crippen LogP contribution in [0, 0.1) is 0 Å². The third kappa shape index (κ3) is 7.13. The Morgan fingerprint density at radius 3 is 2.36 bits per heavy atom. The number of hydrogen-bond acceptors (Lipinski definition) is 5. The van der Waals surface area contributed by atoms with Gasteiger partial charge in [-0.3, -0.25) is 13.9 Å². The van der Waals surface area contributed by atoms with Crippen molar-refractivity contribution in [2.75, 3.05) is 24.2 Å². The molecule has 1 N–H and O–H groups in total. The third-order valence-electron chi connectivity index (χ3n) is 6.45. The summed E-state index contributed by atoms with van der Waals surface area (Å²) >= 11 is 6.37. The molecule has 0 spiro atoms. The van der Waals surface area contributed by atoms with E-state index in [0.717, 1.165) is 42.7 Å². The largest absolute Gasteiger partial charge is 0.495 e. The Morgan fingerprint density at radius 2 is 1.72 bits per heavy atom. The van der Waals surface area contributed by atoms with Gasteiger partial charge in [0.1, 0.15) is 18.3 Å². The summed E-state index contributed by atoms with van der Waals surface area (Å²) in [7, 11) is -2.42. The molecule has 2 aromatic rings. The normalized spacial score (nSPS) is 15.1. The number of para-hydroxylation sites is 2. The van der Waals surface area contributed by atoms with E-state index < -0.39 is 28.5 Å². The van der Waals surface area contributed by atoms with Crippen LogP contribution in [0.1, 0.15) is 44.6 Å². The maximum atomic E-state index is 13.7. The lowest BCUT2D eigenvalue weighted by atomic mass is 9.95. The van der Waals surface area contributed by atoms with Crippen LogP contribution in [0.15, 0.2) is 48.5 Å². The summed E-state index contributed by atoms with van der Waals surface area (Å²) in [6.07, 6.45) is 6.13. The Bertz CT molecular complexity index is 1170. The number of anilines is 1. The van der Waals surface area contributed by atoms with Crippen molar-refractivity contribution in [2.24, 2.45) is 0 Å². The van der Waals surface area contributed by atoms with Crippen molar-refractivity contribution in [1.82, 2.24) is 10.2 Å².